The minimum Gasteiger partial charge on any atom is -0.497 e. The Morgan fingerprint density at radius 3 is 2.45 bits per heavy atom. The molecule has 1 N–H and O–H groups in total. The number of ether oxygens (including phenoxy) is 2. The molecule has 1 aromatic rings. The standard InChI is InChI=1S/C15H19NO4/c1-11(2)16-14(17)10-20-15(18)9-6-12-4-7-13(19-3)8-5-12/h4-9,11H,10H2,1-3H3,(H,16,17)/b9-6+. The van der Waals surface area contributed by atoms with Gasteiger partial charge in [0, 0.05) is 12.1 Å². The summed E-state index contributed by atoms with van der Waals surface area (Å²) in [5.41, 5.74) is 0.842. The fraction of sp³-hybridized carbons (Fsp3) is 0.333. The first kappa shape index (κ1) is 15.8. The number of benzene rings is 1. The molecule has 0 bridgehead atoms. The van der Waals surface area contributed by atoms with Gasteiger partial charge in [-0.05, 0) is 37.6 Å². The van der Waals surface area contributed by atoms with E-state index in [1.165, 1.54) is 6.08 Å². The molecular weight excluding hydrogens is 258 g/mol. The van der Waals surface area contributed by atoms with Crippen LogP contribution in [0.3, 0.4) is 0 Å². The van der Waals surface area contributed by atoms with Crippen LogP contribution in [-0.4, -0.2) is 31.6 Å². The third-order valence-corrected chi connectivity index (χ3v) is 2.32. The number of hydrogen-bond acceptors (Lipinski definition) is 4. The van der Waals surface area contributed by atoms with Crippen LogP contribution in [0.2, 0.25) is 0 Å². The zero-order valence-corrected chi connectivity index (χ0v) is 11.9. The summed E-state index contributed by atoms with van der Waals surface area (Å²) in [6, 6.07) is 7.24. The molecule has 0 fully saturated rings. The molecule has 1 rings (SSSR count). The molecular formula is C15H19NO4. The maximum atomic E-state index is 11.4. The number of hydrogen-bond donors (Lipinski definition) is 1. The first-order valence-electron chi connectivity index (χ1n) is 6.29. The molecule has 0 aliphatic heterocycles. The van der Waals surface area contributed by atoms with Gasteiger partial charge < -0.3 is 14.8 Å². The second-order valence-corrected chi connectivity index (χ2v) is 4.44. The van der Waals surface area contributed by atoms with Gasteiger partial charge in [-0.1, -0.05) is 12.1 Å². The zero-order chi connectivity index (χ0) is 15.0. The lowest BCUT2D eigenvalue weighted by Gasteiger charge is -2.07. The lowest BCUT2D eigenvalue weighted by molar-refractivity contribution is -0.143. The highest BCUT2D eigenvalue weighted by molar-refractivity contribution is 5.89. The van der Waals surface area contributed by atoms with Gasteiger partial charge >= 0.3 is 5.97 Å². The summed E-state index contributed by atoms with van der Waals surface area (Å²) in [5.74, 6) is -0.124. The maximum absolute atomic E-state index is 11.4. The fourth-order valence-electron chi connectivity index (χ4n) is 1.43. The Hall–Kier alpha value is -2.30. The van der Waals surface area contributed by atoms with Gasteiger partial charge in [-0.2, -0.15) is 0 Å². The second-order valence-electron chi connectivity index (χ2n) is 4.44. The summed E-state index contributed by atoms with van der Waals surface area (Å²) >= 11 is 0. The van der Waals surface area contributed by atoms with Crippen LogP contribution in [0.4, 0.5) is 0 Å². The summed E-state index contributed by atoms with van der Waals surface area (Å²) in [5, 5.41) is 2.63. The van der Waals surface area contributed by atoms with Crippen molar-refractivity contribution in [1.82, 2.24) is 5.32 Å². The molecule has 1 amide bonds. The second kappa shape index (κ2) is 7.99. The zero-order valence-electron chi connectivity index (χ0n) is 11.9. The van der Waals surface area contributed by atoms with Crippen molar-refractivity contribution in [1.29, 1.82) is 0 Å². The molecule has 5 heteroatoms. The summed E-state index contributed by atoms with van der Waals surface area (Å²) in [7, 11) is 1.59. The molecule has 0 radical (unpaired) electrons. The molecule has 1 aromatic carbocycles. The normalized spacial score (nSPS) is 10.6. The number of rotatable bonds is 6. The van der Waals surface area contributed by atoms with E-state index in [1.807, 2.05) is 26.0 Å². The number of esters is 1. The Morgan fingerprint density at radius 2 is 1.90 bits per heavy atom. The van der Waals surface area contributed by atoms with Crippen molar-refractivity contribution in [2.24, 2.45) is 0 Å². The molecule has 0 aromatic heterocycles. The smallest absolute Gasteiger partial charge is 0.331 e. The molecule has 0 saturated carbocycles. The van der Waals surface area contributed by atoms with Gasteiger partial charge in [0.05, 0.1) is 7.11 Å². The lowest BCUT2D eigenvalue weighted by atomic mass is 10.2. The van der Waals surface area contributed by atoms with Crippen molar-refractivity contribution in [3.05, 3.63) is 35.9 Å². The average Bonchev–Trinajstić information content (AvgIpc) is 2.42. The van der Waals surface area contributed by atoms with E-state index in [1.54, 1.807) is 25.3 Å². The Bertz CT molecular complexity index is 477. The van der Waals surface area contributed by atoms with E-state index in [0.29, 0.717) is 0 Å². The predicted molar refractivity (Wildman–Crippen MR) is 76.3 cm³/mol. The maximum Gasteiger partial charge on any atom is 0.331 e. The van der Waals surface area contributed by atoms with Crippen molar-refractivity contribution in [3.8, 4) is 5.75 Å². The van der Waals surface area contributed by atoms with Gasteiger partial charge in [-0.25, -0.2) is 4.79 Å². The SMILES string of the molecule is COc1ccc(/C=C/C(=O)OCC(=O)NC(C)C)cc1. The fourth-order valence-corrected chi connectivity index (χ4v) is 1.43. The molecule has 0 heterocycles. The third kappa shape index (κ3) is 6.04. The van der Waals surface area contributed by atoms with Crippen LogP contribution in [0.1, 0.15) is 19.4 Å². The largest absolute Gasteiger partial charge is 0.497 e. The van der Waals surface area contributed by atoms with E-state index in [0.717, 1.165) is 11.3 Å². The van der Waals surface area contributed by atoms with Crippen LogP contribution >= 0.6 is 0 Å². The molecule has 0 saturated heterocycles. The average molecular weight is 277 g/mol. The van der Waals surface area contributed by atoms with Crippen LogP contribution < -0.4 is 10.1 Å². The quantitative estimate of drug-likeness (QED) is 0.636. The number of methoxy groups -OCH3 is 1. The minimum absolute atomic E-state index is 0.0241. The van der Waals surface area contributed by atoms with Crippen LogP contribution in [0.25, 0.3) is 6.08 Å². The Labute approximate surface area is 118 Å². The highest BCUT2D eigenvalue weighted by Gasteiger charge is 2.05. The summed E-state index contributed by atoms with van der Waals surface area (Å²) < 4.78 is 9.84. The van der Waals surface area contributed by atoms with Crippen molar-refractivity contribution in [2.75, 3.05) is 13.7 Å². The highest BCUT2D eigenvalue weighted by Crippen LogP contribution is 2.12. The first-order valence-corrected chi connectivity index (χ1v) is 6.29. The van der Waals surface area contributed by atoms with E-state index >= 15 is 0 Å². The van der Waals surface area contributed by atoms with E-state index in [9.17, 15) is 9.59 Å². The Balaban J connectivity index is 2.41. The molecule has 0 unspecified atom stereocenters. The van der Waals surface area contributed by atoms with E-state index in [-0.39, 0.29) is 18.6 Å². The molecule has 0 atom stereocenters. The van der Waals surface area contributed by atoms with Crippen LogP contribution in [0, 0.1) is 0 Å². The highest BCUT2D eigenvalue weighted by atomic mass is 16.5. The monoisotopic (exact) mass is 277 g/mol. The summed E-state index contributed by atoms with van der Waals surface area (Å²) in [6.45, 7) is 3.40. The van der Waals surface area contributed by atoms with Crippen molar-refractivity contribution >= 4 is 18.0 Å². The number of amides is 1. The van der Waals surface area contributed by atoms with Gasteiger partial charge in [0.15, 0.2) is 6.61 Å². The lowest BCUT2D eigenvalue weighted by Crippen LogP contribution is -2.33. The van der Waals surface area contributed by atoms with E-state index in [4.69, 9.17) is 9.47 Å². The van der Waals surface area contributed by atoms with Gasteiger partial charge in [0.2, 0.25) is 0 Å². The van der Waals surface area contributed by atoms with Crippen LogP contribution in [0.5, 0.6) is 5.75 Å². The van der Waals surface area contributed by atoms with Crippen molar-refractivity contribution in [2.45, 2.75) is 19.9 Å². The van der Waals surface area contributed by atoms with Crippen molar-refractivity contribution in [3.63, 3.8) is 0 Å². The third-order valence-electron chi connectivity index (χ3n) is 2.32. The molecule has 0 spiro atoms. The Kier molecular flexibility index (Phi) is 6.29. The molecule has 20 heavy (non-hydrogen) atoms. The van der Waals surface area contributed by atoms with Crippen molar-refractivity contribution < 1.29 is 19.1 Å². The molecule has 0 aliphatic rings. The number of nitrogens with one attached hydrogen (secondary N) is 1. The molecule has 108 valence electrons. The van der Waals surface area contributed by atoms with Crippen LogP contribution in [-0.2, 0) is 14.3 Å². The molecule has 5 nitrogen and oxygen atoms in total. The topological polar surface area (TPSA) is 64.6 Å². The van der Waals surface area contributed by atoms with E-state index < -0.39 is 5.97 Å². The van der Waals surface area contributed by atoms with Crippen LogP contribution in [0.15, 0.2) is 30.3 Å². The summed E-state index contributed by atoms with van der Waals surface area (Å²) in [6.07, 6.45) is 2.90. The van der Waals surface area contributed by atoms with Gasteiger partial charge in [0.25, 0.3) is 5.91 Å². The first-order chi connectivity index (χ1) is 9.51. The summed E-state index contributed by atoms with van der Waals surface area (Å²) in [4.78, 5) is 22.7. The Morgan fingerprint density at radius 1 is 1.25 bits per heavy atom. The number of carbonyl (C=O) groups is 2. The van der Waals surface area contributed by atoms with Gasteiger partial charge in [-0.15, -0.1) is 0 Å². The predicted octanol–water partition coefficient (Wildman–Crippen LogP) is 1.78. The number of carbonyl (C=O) groups excluding carboxylic acids is 2. The minimum atomic E-state index is -0.556. The van der Waals surface area contributed by atoms with E-state index in [2.05, 4.69) is 5.32 Å². The van der Waals surface area contributed by atoms with Gasteiger partial charge in [0.1, 0.15) is 5.75 Å². The van der Waals surface area contributed by atoms with Gasteiger partial charge in [-0.3, -0.25) is 4.79 Å². The molecule has 0 aliphatic carbocycles.